The summed E-state index contributed by atoms with van der Waals surface area (Å²) in [6, 6.07) is 25.1. The number of hydrogen-bond donors (Lipinski definition) is 0. The summed E-state index contributed by atoms with van der Waals surface area (Å²) in [6.45, 7) is 2.21. The number of esters is 1. The topological polar surface area (TPSA) is 65.0 Å². The van der Waals surface area contributed by atoms with Crippen LogP contribution in [0.4, 0.5) is 0 Å². The van der Waals surface area contributed by atoms with Crippen LogP contribution in [0.15, 0.2) is 95.1 Å². The maximum absolute atomic E-state index is 13.8. The van der Waals surface area contributed by atoms with Crippen LogP contribution in [0.25, 0.3) is 0 Å². The maximum atomic E-state index is 13.8. The highest BCUT2D eigenvalue weighted by molar-refractivity contribution is 6.30. The smallest absolute Gasteiger partial charge is 0.315 e. The lowest BCUT2D eigenvalue weighted by Gasteiger charge is -2.36. The van der Waals surface area contributed by atoms with E-state index in [1.807, 2.05) is 85.8 Å². The number of nitrogens with zero attached hydrogens (tertiary/aromatic N) is 1. The number of para-hydroxylation sites is 1. The molecule has 0 saturated carbocycles. The van der Waals surface area contributed by atoms with Crippen LogP contribution in [0.1, 0.15) is 48.3 Å². The fraction of sp³-hybridized carbons (Fsp3) is 0.258. The minimum Gasteiger partial charge on any atom is -0.489 e. The number of ether oxygens (including phenoxy) is 2. The molecule has 37 heavy (non-hydrogen) atoms. The second-order valence-electron chi connectivity index (χ2n) is 9.48. The SMILES string of the molecule is COC(=O)C1C(C)=NC2=C(C(=O)C[C@H](c3ccc(Cl)cc3)C2)[C@H]1c1ccccc1OCc1ccccc1. The minimum atomic E-state index is -0.707. The van der Waals surface area contributed by atoms with Crippen molar-refractivity contribution in [3.05, 3.63) is 112 Å². The summed E-state index contributed by atoms with van der Waals surface area (Å²) in [6.07, 6.45) is 0.948. The van der Waals surface area contributed by atoms with E-state index in [2.05, 4.69) is 0 Å². The number of methoxy groups -OCH3 is 1. The zero-order chi connectivity index (χ0) is 25.9. The Balaban J connectivity index is 1.56. The first-order chi connectivity index (χ1) is 18.0. The Morgan fingerprint density at radius 1 is 0.973 bits per heavy atom. The van der Waals surface area contributed by atoms with Gasteiger partial charge in [0.2, 0.25) is 0 Å². The number of rotatable bonds is 6. The van der Waals surface area contributed by atoms with Gasteiger partial charge in [-0.1, -0.05) is 72.3 Å². The maximum Gasteiger partial charge on any atom is 0.315 e. The lowest BCUT2D eigenvalue weighted by molar-refractivity contribution is -0.143. The molecular formula is C31H28ClNO4. The highest BCUT2D eigenvalue weighted by Gasteiger charge is 2.45. The molecule has 188 valence electrons. The summed E-state index contributed by atoms with van der Waals surface area (Å²) < 4.78 is 11.4. The first-order valence-corrected chi connectivity index (χ1v) is 12.7. The van der Waals surface area contributed by atoms with Gasteiger partial charge in [0.25, 0.3) is 0 Å². The molecule has 5 nitrogen and oxygen atoms in total. The van der Waals surface area contributed by atoms with E-state index in [0.717, 1.165) is 22.4 Å². The predicted octanol–water partition coefficient (Wildman–Crippen LogP) is 6.67. The summed E-state index contributed by atoms with van der Waals surface area (Å²) in [5.41, 5.74) is 4.82. The van der Waals surface area contributed by atoms with Crippen molar-refractivity contribution < 1.29 is 19.1 Å². The Bertz CT molecular complexity index is 1380. The van der Waals surface area contributed by atoms with E-state index in [0.29, 0.717) is 41.5 Å². The van der Waals surface area contributed by atoms with E-state index < -0.39 is 17.8 Å². The third kappa shape index (κ3) is 5.09. The van der Waals surface area contributed by atoms with Crippen LogP contribution in [0, 0.1) is 5.92 Å². The van der Waals surface area contributed by atoms with Crippen molar-refractivity contribution in [1.29, 1.82) is 0 Å². The molecule has 0 radical (unpaired) electrons. The number of carbonyl (C=O) groups is 2. The number of halogens is 1. The van der Waals surface area contributed by atoms with Gasteiger partial charge in [-0.15, -0.1) is 0 Å². The van der Waals surface area contributed by atoms with Crippen molar-refractivity contribution in [2.75, 3.05) is 7.11 Å². The van der Waals surface area contributed by atoms with E-state index in [-0.39, 0.29) is 11.7 Å². The molecule has 6 heteroatoms. The lowest BCUT2D eigenvalue weighted by atomic mass is 9.69. The zero-order valence-electron chi connectivity index (χ0n) is 20.8. The molecule has 1 heterocycles. The standard InChI is InChI=1S/C31H28ClNO4/c1-19-28(31(35)36-2)29(24-10-6-7-11-27(24)37-18-20-8-4-3-5-9-20)30-25(33-19)16-22(17-26(30)34)21-12-14-23(32)15-13-21/h3-15,22,28-29H,16-18H2,1-2H3/t22-,28?,29+/m1/s1. The van der Waals surface area contributed by atoms with Crippen LogP contribution in [0.3, 0.4) is 0 Å². The van der Waals surface area contributed by atoms with Gasteiger partial charge in [0.05, 0.1) is 7.11 Å². The van der Waals surface area contributed by atoms with Gasteiger partial charge in [-0.25, -0.2) is 0 Å². The molecular weight excluding hydrogens is 486 g/mol. The van der Waals surface area contributed by atoms with Gasteiger partial charge in [-0.3, -0.25) is 14.6 Å². The molecule has 2 aliphatic rings. The average Bonchev–Trinajstić information content (AvgIpc) is 2.92. The molecule has 1 aliphatic carbocycles. The number of benzene rings is 3. The van der Waals surface area contributed by atoms with Crippen LogP contribution in [0.5, 0.6) is 5.75 Å². The number of hydrogen-bond acceptors (Lipinski definition) is 5. The van der Waals surface area contributed by atoms with Gasteiger partial charge < -0.3 is 9.47 Å². The number of Topliss-reactive ketones (excluding diaryl/α,β-unsaturated/α-hetero) is 1. The second-order valence-corrected chi connectivity index (χ2v) is 9.92. The van der Waals surface area contributed by atoms with Gasteiger partial charge in [0.15, 0.2) is 5.78 Å². The number of carbonyl (C=O) groups excluding carboxylic acids is 2. The van der Waals surface area contributed by atoms with Crippen LogP contribution < -0.4 is 4.74 Å². The Morgan fingerprint density at radius 3 is 2.41 bits per heavy atom. The number of ketones is 1. The van der Waals surface area contributed by atoms with E-state index in [1.54, 1.807) is 0 Å². The van der Waals surface area contributed by atoms with E-state index in [4.69, 9.17) is 26.1 Å². The van der Waals surface area contributed by atoms with Gasteiger partial charge in [0, 0.05) is 39.9 Å². The van der Waals surface area contributed by atoms with Crippen molar-refractivity contribution in [3.8, 4) is 5.75 Å². The minimum absolute atomic E-state index is 0.0000299. The first kappa shape index (κ1) is 25.0. The molecule has 0 amide bonds. The van der Waals surface area contributed by atoms with Crippen molar-refractivity contribution in [2.45, 2.75) is 38.2 Å². The number of allylic oxidation sites excluding steroid dienone is 2. The van der Waals surface area contributed by atoms with Gasteiger partial charge >= 0.3 is 5.97 Å². The third-order valence-corrected chi connectivity index (χ3v) is 7.43. The summed E-state index contributed by atoms with van der Waals surface area (Å²) >= 11 is 6.08. The first-order valence-electron chi connectivity index (χ1n) is 12.4. The van der Waals surface area contributed by atoms with Crippen molar-refractivity contribution >= 4 is 29.1 Å². The summed E-state index contributed by atoms with van der Waals surface area (Å²) in [5, 5.41) is 0.658. The van der Waals surface area contributed by atoms with Crippen LogP contribution in [0.2, 0.25) is 5.02 Å². The van der Waals surface area contributed by atoms with Crippen LogP contribution >= 0.6 is 11.6 Å². The molecule has 0 spiro atoms. The molecule has 1 aliphatic heterocycles. The quantitative estimate of drug-likeness (QED) is 0.345. The second kappa shape index (κ2) is 10.7. The highest BCUT2D eigenvalue weighted by Crippen LogP contribution is 2.48. The summed E-state index contributed by atoms with van der Waals surface area (Å²) in [4.78, 5) is 31.6. The largest absolute Gasteiger partial charge is 0.489 e. The van der Waals surface area contributed by atoms with E-state index >= 15 is 0 Å². The van der Waals surface area contributed by atoms with Gasteiger partial charge in [-0.05, 0) is 48.6 Å². The molecule has 0 saturated heterocycles. The fourth-order valence-electron chi connectivity index (χ4n) is 5.40. The molecule has 0 aromatic heterocycles. The molecule has 3 atom stereocenters. The average molecular weight is 514 g/mol. The molecule has 3 aromatic carbocycles. The Morgan fingerprint density at radius 2 is 1.68 bits per heavy atom. The fourth-order valence-corrected chi connectivity index (χ4v) is 5.53. The van der Waals surface area contributed by atoms with Crippen molar-refractivity contribution in [1.82, 2.24) is 0 Å². The number of aliphatic imine (C=N–C) groups is 1. The molecule has 5 rings (SSSR count). The third-order valence-electron chi connectivity index (χ3n) is 7.18. The van der Waals surface area contributed by atoms with Crippen LogP contribution in [-0.4, -0.2) is 24.6 Å². The molecule has 1 unspecified atom stereocenters. The van der Waals surface area contributed by atoms with Crippen molar-refractivity contribution in [2.24, 2.45) is 10.9 Å². The summed E-state index contributed by atoms with van der Waals surface area (Å²) in [5.74, 6) is -1.02. The Kier molecular flexibility index (Phi) is 7.24. The zero-order valence-corrected chi connectivity index (χ0v) is 21.6. The monoisotopic (exact) mass is 513 g/mol. The van der Waals surface area contributed by atoms with E-state index in [9.17, 15) is 9.59 Å². The van der Waals surface area contributed by atoms with Gasteiger partial charge in [0.1, 0.15) is 18.3 Å². The summed E-state index contributed by atoms with van der Waals surface area (Å²) in [7, 11) is 1.37. The van der Waals surface area contributed by atoms with Crippen molar-refractivity contribution in [3.63, 3.8) is 0 Å². The van der Waals surface area contributed by atoms with Crippen LogP contribution in [-0.2, 0) is 20.9 Å². The van der Waals surface area contributed by atoms with E-state index in [1.165, 1.54) is 7.11 Å². The molecule has 0 fully saturated rings. The molecule has 0 N–H and O–H groups in total. The highest BCUT2D eigenvalue weighted by atomic mass is 35.5. The Labute approximate surface area is 221 Å². The molecule has 3 aromatic rings. The normalized spacial score (nSPS) is 21.2. The Hall–Kier alpha value is -3.70. The predicted molar refractivity (Wildman–Crippen MR) is 144 cm³/mol. The van der Waals surface area contributed by atoms with Gasteiger partial charge in [-0.2, -0.15) is 0 Å². The lowest BCUT2D eigenvalue weighted by Crippen LogP contribution is -2.38. The molecule has 0 bridgehead atoms.